The quantitative estimate of drug-likeness (QED) is 0.726. The average molecular weight is 296 g/mol. The molecule has 6 heteroatoms. The first-order chi connectivity index (χ1) is 10.7. The fourth-order valence-corrected chi connectivity index (χ4v) is 2.05. The van der Waals surface area contributed by atoms with Crippen molar-refractivity contribution >= 4 is 23.0 Å². The van der Waals surface area contributed by atoms with Gasteiger partial charge in [0.15, 0.2) is 5.65 Å². The topological polar surface area (TPSA) is 70.7 Å². The number of hydrogen-bond acceptors (Lipinski definition) is 3. The molecule has 3 rings (SSSR count). The number of nitrogens with zero attached hydrogens (tertiary/aromatic N) is 2. The van der Waals surface area contributed by atoms with Crippen molar-refractivity contribution in [3.8, 4) is 0 Å². The molecule has 0 saturated heterocycles. The Hall–Kier alpha value is -3.02. The first kappa shape index (κ1) is 13.9. The van der Waals surface area contributed by atoms with Gasteiger partial charge in [-0.2, -0.15) is 5.10 Å². The third-order valence-electron chi connectivity index (χ3n) is 3.12. The maximum Gasteiger partial charge on any atom is 0.244 e. The third-order valence-corrected chi connectivity index (χ3v) is 3.12. The van der Waals surface area contributed by atoms with Crippen LogP contribution in [0.2, 0.25) is 0 Å². The van der Waals surface area contributed by atoms with Gasteiger partial charge in [-0.3, -0.25) is 9.89 Å². The predicted octanol–water partition coefficient (Wildman–Crippen LogP) is 2.43. The second-order valence-electron chi connectivity index (χ2n) is 4.69. The minimum atomic E-state index is -0.321. The van der Waals surface area contributed by atoms with Crippen LogP contribution in [0.25, 0.3) is 17.1 Å². The molecule has 1 amide bonds. The van der Waals surface area contributed by atoms with Crippen LogP contribution in [0.4, 0.5) is 4.39 Å². The molecule has 0 aliphatic rings. The van der Waals surface area contributed by atoms with Crippen molar-refractivity contribution in [3.05, 3.63) is 65.7 Å². The number of rotatable bonds is 4. The molecule has 0 saturated carbocycles. The van der Waals surface area contributed by atoms with Crippen LogP contribution < -0.4 is 5.32 Å². The van der Waals surface area contributed by atoms with E-state index in [2.05, 4.69) is 20.5 Å². The van der Waals surface area contributed by atoms with Gasteiger partial charge in [-0.05, 0) is 35.9 Å². The number of hydrogen-bond donors (Lipinski definition) is 2. The largest absolute Gasteiger partial charge is 0.348 e. The fourth-order valence-electron chi connectivity index (χ4n) is 2.05. The van der Waals surface area contributed by atoms with Crippen LogP contribution in [0.3, 0.4) is 0 Å². The molecule has 110 valence electrons. The molecule has 0 atom stereocenters. The molecule has 0 fully saturated rings. The van der Waals surface area contributed by atoms with E-state index in [0.29, 0.717) is 16.9 Å². The highest BCUT2D eigenvalue weighted by molar-refractivity contribution is 5.94. The molecule has 0 aliphatic heterocycles. The van der Waals surface area contributed by atoms with Gasteiger partial charge < -0.3 is 5.32 Å². The van der Waals surface area contributed by atoms with Crippen LogP contribution in [-0.4, -0.2) is 21.1 Å². The number of aromatic nitrogens is 3. The minimum Gasteiger partial charge on any atom is -0.348 e. The number of benzene rings is 1. The Kier molecular flexibility index (Phi) is 3.91. The summed E-state index contributed by atoms with van der Waals surface area (Å²) in [5, 5.41) is 10.4. The SMILES string of the molecule is O=C(/C=C/c1[nH]nc2ncccc12)NCc1cccc(F)c1. The summed E-state index contributed by atoms with van der Waals surface area (Å²) in [6, 6.07) is 9.79. The summed E-state index contributed by atoms with van der Waals surface area (Å²) in [6.07, 6.45) is 4.69. The van der Waals surface area contributed by atoms with Crippen LogP contribution in [0.1, 0.15) is 11.3 Å². The molecule has 5 nitrogen and oxygen atoms in total. The van der Waals surface area contributed by atoms with E-state index in [0.717, 1.165) is 5.39 Å². The Bertz CT molecular complexity index is 841. The number of amides is 1. The summed E-state index contributed by atoms with van der Waals surface area (Å²) in [5.41, 5.74) is 2.02. The van der Waals surface area contributed by atoms with E-state index in [4.69, 9.17) is 0 Å². The van der Waals surface area contributed by atoms with Gasteiger partial charge in [-0.15, -0.1) is 0 Å². The number of halogens is 1. The Morgan fingerprint density at radius 2 is 2.23 bits per heavy atom. The normalized spacial score (nSPS) is 11.1. The molecule has 2 heterocycles. The van der Waals surface area contributed by atoms with E-state index in [1.165, 1.54) is 18.2 Å². The maximum absolute atomic E-state index is 13.0. The number of nitrogens with one attached hydrogen (secondary N) is 2. The van der Waals surface area contributed by atoms with Gasteiger partial charge in [0, 0.05) is 24.2 Å². The lowest BCUT2D eigenvalue weighted by atomic mass is 10.2. The predicted molar refractivity (Wildman–Crippen MR) is 81.2 cm³/mol. The van der Waals surface area contributed by atoms with Crippen molar-refractivity contribution in [1.82, 2.24) is 20.5 Å². The lowest BCUT2D eigenvalue weighted by Crippen LogP contribution is -2.20. The standard InChI is InChI=1S/C16H13FN4O/c17-12-4-1-3-11(9-12)10-19-15(22)7-6-14-13-5-2-8-18-16(13)21-20-14/h1-9H,10H2,(H,19,22)(H,18,20,21)/b7-6+. The molecule has 2 aromatic heterocycles. The Morgan fingerprint density at radius 3 is 3.09 bits per heavy atom. The van der Waals surface area contributed by atoms with Crippen LogP contribution >= 0.6 is 0 Å². The van der Waals surface area contributed by atoms with Gasteiger partial charge in [0.05, 0.1) is 5.69 Å². The molecule has 0 radical (unpaired) electrons. The summed E-state index contributed by atoms with van der Waals surface area (Å²) < 4.78 is 13.0. The third kappa shape index (κ3) is 3.17. The van der Waals surface area contributed by atoms with Gasteiger partial charge in [-0.1, -0.05) is 12.1 Å². The van der Waals surface area contributed by atoms with Crippen molar-refractivity contribution in [1.29, 1.82) is 0 Å². The second-order valence-corrected chi connectivity index (χ2v) is 4.69. The van der Waals surface area contributed by atoms with Crippen LogP contribution in [0.5, 0.6) is 0 Å². The number of aromatic amines is 1. The minimum absolute atomic E-state index is 0.268. The van der Waals surface area contributed by atoms with Crippen molar-refractivity contribution in [3.63, 3.8) is 0 Å². The summed E-state index contributed by atoms with van der Waals surface area (Å²) >= 11 is 0. The first-order valence-corrected chi connectivity index (χ1v) is 6.72. The molecular formula is C16H13FN4O. The van der Waals surface area contributed by atoms with Crippen LogP contribution in [0.15, 0.2) is 48.7 Å². The molecule has 3 aromatic rings. The number of fused-ring (bicyclic) bond motifs is 1. The van der Waals surface area contributed by atoms with Crippen molar-refractivity contribution in [2.75, 3.05) is 0 Å². The second kappa shape index (κ2) is 6.17. The Balaban J connectivity index is 1.64. The van der Waals surface area contributed by atoms with E-state index in [1.807, 2.05) is 6.07 Å². The average Bonchev–Trinajstić information content (AvgIpc) is 2.94. The Morgan fingerprint density at radius 1 is 1.32 bits per heavy atom. The summed E-state index contributed by atoms with van der Waals surface area (Å²) in [7, 11) is 0. The first-order valence-electron chi connectivity index (χ1n) is 6.72. The highest BCUT2D eigenvalue weighted by Gasteiger charge is 2.03. The molecule has 0 bridgehead atoms. The molecule has 22 heavy (non-hydrogen) atoms. The molecular weight excluding hydrogens is 283 g/mol. The lowest BCUT2D eigenvalue weighted by Gasteiger charge is -2.02. The van der Waals surface area contributed by atoms with Crippen LogP contribution in [-0.2, 0) is 11.3 Å². The van der Waals surface area contributed by atoms with E-state index >= 15 is 0 Å². The molecule has 0 spiro atoms. The number of carbonyl (C=O) groups excluding carboxylic acids is 1. The monoisotopic (exact) mass is 296 g/mol. The van der Waals surface area contributed by atoms with E-state index in [-0.39, 0.29) is 18.3 Å². The highest BCUT2D eigenvalue weighted by Crippen LogP contribution is 2.13. The fraction of sp³-hybridized carbons (Fsp3) is 0.0625. The summed E-state index contributed by atoms with van der Waals surface area (Å²) in [4.78, 5) is 15.9. The van der Waals surface area contributed by atoms with Crippen molar-refractivity contribution in [2.24, 2.45) is 0 Å². The van der Waals surface area contributed by atoms with Gasteiger partial charge in [0.25, 0.3) is 0 Å². The highest BCUT2D eigenvalue weighted by atomic mass is 19.1. The van der Waals surface area contributed by atoms with Crippen LogP contribution in [0, 0.1) is 5.82 Å². The zero-order valence-corrected chi connectivity index (χ0v) is 11.6. The molecule has 2 N–H and O–H groups in total. The van der Waals surface area contributed by atoms with Gasteiger partial charge in [-0.25, -0.2) is 9.37 Å². The molecule has 0 aliphatic carbocycles. The van der Waals surface area contributed by atoms with Gasteiger partial charge in [0.2, 0.25) is 5.91 Å². The van der Waals surface area contributed by atoms with E-state index < -0.39 is 0 Å². The Labute approximate surface area is 125 Å². The zero-order valence-electron chi connectivity index (χ0n) is 11.6. The maximum atomic E-state index is 13.0. The zero-order chi connectivity index (χ0) is 15.4. The molecule has 1 aromatic carbocycles. The number of carbonyl (C=O) groups is 1. The van der Waals surface area contributed by atoms with Crippen molar-refractivity contribution in [2.45, 2.75) is 6.54 Å². The van der Waals surface area contributed by atoms with Gasteiger partial charge in [0.1, 0.15) is 5.82 Å². The number of H-pyrrole nitrogens is 1. The van der Waals surface area contributed by atoms with Crippen molar-refractivity contribution < 1.29 is 9.18 Å². The van der Waals surface area contributed by atoms with E-state index in [9.17, 15) is 9.18 Å². The van der Waals surface area contributed by atoms with E-state index in [1.54, 1.807) is 30.5 Å². The number of pyridine rings is 1. The summed E-state index contributed by atoms with van der Waals surface area (Å²) in [5.74, 6) is -0.588. The smallest absolute Gasteiger partial charge is 0.244 e. The molecule has 0 unspecified atom stereocenters. The lowest BCUT2D eigenvalue weighted by molar-refractivity contribution is -0.116. The van der Waals surface area contributed by atoms with Gasteiger partial charge >= 0.3 is 0 Å². The summed E-state index contributed by atoms with van der Waals surface area (Å²) in [6.45, 7) is 0.270.